The molecule has 158 valence electrons. The van der Waals surface area contributed by atoms with E-state index < -0.39 is 0 Å². The molecule has 0 spiro atoms. The zero-order valence-corrected chi connectivity index (χ0v) is 20.3. The Morgan fingerprint density at radius 2 is 1.16 bits per heavy atom. The number of hydrogen-bond acceptors (Lipinski definition) is 7. The summed E-state index contributed by atoms with van der Waals surface area (Å²) in [5.41, 5.74) is 3.10. The maximum atomic E-state index is 5.23. The minimum atomic E-state index is 0.853. The summed E-state index contributed by atoms with van der Waals surface area (Å²) in [6.07, 6.45) is 0. The SMILES string of the molecule is COc1ccc(-c2nc3ccc(OC)cc3s2)cc1.COc1ccc2nc(Br)sc2c1. The van der Waals surface area contributed by atoms with E-state index in [-0.39, 0.29) is 0 Å². The smallest absolute Gasteiger partial charge is 0.160 e. The van der Waals surface area contributed by atoms with Gasteiger partial charge in [-0.05, 0) is 76.6 Å². The van der Waals surface area contributed by atoms with Gasteiger partial charge < -0.3 is 14.2 Å². The predicted octanol–water partition coefficient (Wildman–Crippen LogP) is 7.05. The Kier molecular flexibility index (Phi) is 6.70. The normalized spacial score (nSPS) is 10.6. The minimum absolute atomic E-state index is 0.853. The Labute approximate surface area is 196 Å². The number of fused-ring (bicyclic) bond motifs is 2. The Morgan fingerprint density at radius 1 is 0.645 bits per heavy atom. The number of rotatable bonds is 4. The van der Waals surface area contributed by atoms with Gasteiger partial charge in [0.2, 0.25) is 0 Å². The maximum absolute atomic E-state index is 5.23. The molecule has 0 aliphatic heterocycles. The monoisotopic (exact) mass is 514 g/mol. The second-order valence-electron chi connectivity index (χ2n) is 6.38. The molecule has 0 fully saturated rings. The van der Waals surface area contributed by atoms with Crippen molar-refractivity contribution in [2.75, 3.05) is 21.3 Å². The largest absolute Gasteiger partial charge is 0.497 e. The topological polar surface area (TPSA) is 53.5 Å². The van der Waals surface area contributed by atoms with Gasteiger partial charge in [0.05, 0.1) is 41.8 Å². The molecule has 0 amide bonds. The van der Waals surface area contributed by atoms with Crippen LogP contribution in [0.5, 0.6) is 17.2 Å². The van der Waals surface area contributed by atoms with Crippen LogP contribution in [-0.4, -0.2) is 31.3 Å². The van der Waals surface area contributed by atoms with E-state index >= 15 is 0 Å². The van der Waals surface area contributed by atoms with Crippen LogP contribution in [0, 0.1) is 0 Å². The van der Waals surface area contributed by atoms with E-state index in [1.165, 1.54) is 0 Å². The Bertz CT molecular complexity index is 1320. The van der Waals surface area contributed by atoms with Gasteiger partial charge in [-0.25, -0.2) is 9.97 Å². The fourth-order valence-electron chi connectivity index (χ4n) is 2.89. The molecule has 0 saturated heterocycles. The maximum Gasteiger partial charge on any atom is 0.160 e. The molecule has 0 unspecified atom stereocenters. The van der Waals surface area contributed by atoms with E-state index in [1.807, 2.05) is 60.7 Å². The molecule has 0 aliphatic carbocycles. The fourth-order valence-corrected chi connectivity index (χ4v) is 5.33. The van der Waals surface area contributed by atoms with Crippen LogP contribution in [0.15, 0.2) is 64.6 Å². The molecule has 0 atom stereocenters. The van der Waals surface area contributed by atoms with Crippen LogP contribution < -0.4 is 14.2 Å². The first-order valence-corrected chi connectivity index (χ1v) is 11.7. The van der Waals surface area contributed by atoms with Crippen molar-refractivity contribution in [3.8, 4) is 27.8 Å². The zero-order valence-electron chi connectivity index (χ0n) is 17.1. The highest BCUT2D eigenvalue weighted by molar-refractivity contribution is 9.11. The third-order valence-corrected chi connectivity index (χ3v) is 7.04. The highest BCUT2D eigenvalue weighted by atomic mass is 79.9. The molecule has 0 radical (unpaired) electrons. The van der Waals surface area contributed by atoms with Gasteiger partial charge >= 0.3 is 0 Å². The number of methoxy groups -OCH3 is 3. The van der Waals surface area contributed by atoms with Crippen LogP contribution in [0.25, 0.3) is 31.0 Å². The van der Waals surface area contributed by atoms with Crippen molar-refractivity contribution in [1.82, 2.24) is 9.97 Å². The number of nitrogens with zero attached hydrogens (tertiary/aromatic N) is 2. The first kappa shape index (κ1) is 21.5. The predicted molar refractivity (Wildman–Crippen MR) is 132 cm³/mol. The lowest BCUT2D eigenvalue weighted by Gasteiger charge is -1.99. The van der Waals surface area contributed by atoms with E-state index in [9.17, 15) is 0 Å². The van der Waals surface area contributed by atoms with E-state index in [1.54, 1.807) is 44.0 Å². The molecule has 0 bridgehead atoms. The number of halogens is 1. The molecular formula is C23H19BrN2O3S2. The Morgan fingerprint density at radius 3 is 1.74 bits per heavy atom. The standard InChI is InChI=1S/C15H13NO2S.C8H6BrNOS/c1-17-11-5-3-10(4-6-11)15-16-13-8-7-12(18-2)9-14(13)19-15;1-11-5-2-3-6-7(4-5)12-8(9)10-6/h3-9H,1-2H3;2-4H,1H3. The van der Waals surface area contributed by atoms with Gasteiger partial charge in [0.25, 0.3) is 0 Å². The van der Waals surface area contributed by atoms with Gasteiger partial charge in [-0.3, -0.25) is 0 Å². The molecule has 31 heavy (non-hydrogen) atoms. The number of ether oxygens (including phenoxy) is 3. The second kappa shape index (κ2) is 9.64. The van der Waals surface area contributed by atoms with Crippen LogP contribution >= 0.6 is 38.6 Å². The zero-order chi connectivity index (χ0) is 21.8. The molecule has 8 heteroatoms. The van der Waals surface area contributed by atoms with Gasteiger partial charge in [-0.1, -0.05) is 0 Å². The summed E-state index contributed by atoms with van der Waals surface area (Å²) < 4.78 is 18.7. The first-order chi connectivity index (χ1) is 15.1. The number of thiazole rings is 2. The average Bonchev–Trinajstić information content (AvgIpc) is 3.40. The van der Waals surface area contributed by atoms with E-state index in [0.29, 0.717) is 0 Å². The highest BCUT2D eigenvalue weighted by Crippen LogP contribution is 2.33. The number of hydrogen-bond donors (Lipinski definition) is 0. The molecule has 5 rings (SSSR count). The van der Waals surface area contributed by atoms with E-state index in [2.05, 4.69) is 25.9 Å². The van der Waals surface area contributed by atoms with Crippen LogP contribution in [0.1, 0.15) is 0 Å². The lowest BCUT2D eigenvalue weighted by atomic mass is 10.2. The van der Waals surface area contributed by atoms with Crippen molar-refractivity contribution in [3.05, 3.63) is 64.6 Å². The van der Waals surface area contributed by atoms with E-state index in [4.69, 9.17) is 14.2 Å². The average molecular weight is 515 g/mol. The molecular weight excluding hydrogens is 496 g/mol. The van der Waals surface area contributed by atoms with Crippen LogP contribution in [0.4, 0.5) is 0 Å². The van der Waals surface area contributed by atoms with Crippen LogP contribution in [0.3, 0.4) is 0 Å². The van der Waals surface area contributed by atoms with Crippen LogP contribution in [0.2, 0.25) is 0 Å². The third-order valence-electron chi connectivity index (χ3n) is 4.50. The summed E-state index contributed by atoms with van der Waals surface area (Å²) in [7, 11) is 5.00. The Balaban J connectivity index is 0.000000166. The van der Waals surface area contributed by atoms with Crippen molar-refractivity contribution in [3.63, 3.8) is 0 Å². The van der Waals surface area contributed by atoms with E-state index in [0.717, 1.165) is 52.2 Å². The lowest BCUT2D eigenvalue weighted by Crippen LogP contribution is -1.82. The lowest BCUT2D eigenvalue weighted by molar-refractivity contribution is 0.415. The Hall–Kier alpha value is -2.68. The first-order valence-electron chi connectivity index (χ1n) is 9.28. The molecule has 5 nitrogen and oxygen atoms in total. The molecule has 0 saturated carbocycles. The van der Waals surface area contributed by atoms with Crippen molar-refractivity contribution >= 4 is 59.0 Å². The summed E-state index contributed by atoms with van der Waals surface area (Å²) in [5, 5.41) is 1.01. The molecule has 2 aromatic heterocycles. The van der Waals surface area contributed by atoms with Gasteiger partial charge in [-0.15, -0.1) is 22.7 Å². The van der Waals surface area contributed by atoms with Gasteiger partial charge in [0.15, 0.2) is 3.92 Å². The summed E-state index contributed by atoms with van der Waals surface area (Å²) in [6, 6.07) is 19.7. The summed E-state index contributed by atoms with van der Waals surface area (Å²) in [5.74, 6) is 2.59. The van der Waals surface area contributed by atoms with Crippen molar-refractivity contribution < 1.29 is 14.2 Å². The number of aromatic nitrogens is 2. The summed E-state index contributed by atoms with van der Waals surface area (Å²) in [4.78, 5) is 8.90. The highest BCUT2D eigenvalue weighted by Gasteiger charge is 2.07. The van der Waals surface area contributed by atoms with Gasteiger partial charge in [0, 0.05) is 5.56 Å². The molecule has 0 aliphatic rings. The quantitative estimate of drug-likeness (QED) is 0.257. The third kappa shape index (κ3) is 4.98. The molecule has 2 heterocycles. The van der Waals surface area contributed by atoms with Gasteiger partial charge in [-0.2, -0.15) is 0 Å². The van der Waals surface area contributed by atoms with Crippen LogP contribution in [-0.2, 0) is 0 Å². The van der Waals surface area contributed by atoms with Crippen molar-refractivity contribution in [2.24, 2.45) is 0 Å². The minimum Gasteiger partial charge on any atom is -0.497 e. The molecule has 5 aromatic rings. The van der Waals surface area contributed by atoms with Gasteiger partial charge in [0.1, 0.15) is 22.3 Å². The summed E-state index contributed by atoms with van der Waals surface area (Å²) in [6.45, 7) is 0. The van der Waals surface area contributed by atoms with Crippen molar-refractivity contribution in [2.45, 2.75) is 0 Å². The van der Waals surface area contributed by atoms with Crippen molar-refractivity contribution in [1.29, 1.82) is 0 Å². The fraction of sp³-hybridized carbons (Fsp3) is 0.130. The molecule has 0 N–H and O–H groups in total. The summed E-state index contributed by atoms with van der Waals surface area (Å²) >= 11 is 6.61. The second-order valence-corrected chi connectivity index (χ2v) is 9.72. The molecule has 3 aromatic carbocycles. The number of benzene rings is 3.